The average Bonchev–Trinajstić information content (AvgIpc) is 2.62. The second-order valence-corrected chi connectivity index (χ2v) is 5.98. The first-order valence-corrected chi connectivity index (χ1v) is 8.54. The predicted molar refractivity (Wildman–Crippen MR) is 93.5 cm³/mol. The van der Waals surface area contributed by atoms with Crippen molar-refractivity contribution in [1.82, 2.24) is 9.78 Å². The fourth-order valence-corrected chi connectivity index (χ4v) is 2.90. The topological polar surface area (TPSA) is 44.1 Å². The summed E-state index contributed by atoms with van der Waals surface area (Å²) in [6.07, 6.45) is 3.21. The van der Waals surface area contributed by atoms with Gasteiger partial charge in [0.25, 0.3) is 0 Å². The number of hydrogen-bond donors (Lipinski definition) is 0. The predicted octanol–water partition coefficient (Wildman–Crippen LogP) is 3.91. The normalized spacial score (nSPS) is 10.7. The third kappa shape index (κ3) is 3.28. The summed E-state index contributed by atoms with van der Waals surface area (Å²) in [6, 6.07) is 10.0. The van der Waals surface area contributed by atoms with Crippen molar-refractivity contribution in [3.8, 4) is 22.6 Å². The number of aromatic nitrogens is 2. The van der Waals surface area contributed by atoms with Crippen LogP contribution in [0.25, 0.3) is 16.8 Å². The van der Waals surface area contributed by atoms with E-state index in [0.29, 0.717) is 21.7 Å². The maximum atomic E-state index is 14.1. The maximum Gasteiger partial charge on any atom is 0.314 e. The van der Waals surface area contributed by atoms with E-state index < -0.39 is 11.4 Å². The van der Waals surface area contributed by atoms with Gasteiger partial charge in [-0.1, -0.05) is 6.07 Å². The molecule has 1 aromatic heterocycles. The molecule has 0 fully saturated rings. The number of hydrogen-bond acceptors (Lipinski definition) is 4. The van der Waals surface area contributed by atoms with E-state index in [1.807, 2.05) is 0 Å². The molecule has 25 heavy (non-hydrogen) atoms. The Morgan fingerprint density at radius 3 is 2.44 bits per heavy atom. The summed E-state index contributed by atoms with van der Waals surface area (Å²) in [5.74, 6) is -0.755. The summed E-state index contributed by atoms with van der Waals surface area (Å²) in [6.45, 7) is 0. The minimum absolute atomic E-state index is 0.0376. The molecular formula is C18H14F2N2O2S. The van der Waals surface area contributed by atoms with Crippen molar-refractivity contribution in [3.05, 3.63) is 70.6 Å². The zero-order valence-corrected chi connectivity index (χ0v) is 14.3. The molecule has 3 rings (SSSR count). The maximum absolute atomic E-state index is 14.1. The average molecular weight is 360 g/mol. The number of rotatable bonds is 4. The third-order valence-corrected chi connectivity index (χ3v) is 4.44. The van der Waals surface area contributed by atoms with E-state index in [-0.39, 0.29) is 11.6 Å². The molecule has 0 amide bonds. The van der Waals surface area contributed by atoms with Crippen LogP contribution >= 0.6 is 11.8 Å². The molecule has 1 heterocycles. The molecule has 0 aliphatic heterocycles. The molecule has 0 unspecified atom stereocenters. The highest BCUT2D eigenvalue weighted by molar-refractivity contribution is 7.98. The largest absolute Gasteiger partial charge is 0.491 e. The van der Waals surface area contributed by atoms with Crippen LogP contribution in [0.5, 0.6) is 5.75 Å². The number of methoxy groups -OCH3 is 1. The zero-order chi connectivity index (χ0) is 18.0. The highest BCUT2D eigenvalue weighted by Crippen LogP contribution is 2.30. The number of ether oxygens (including phenoxy) is 1. The molecule has 3 aromatic rings. The summed E-state index contributed by atoms with van der Waals surface area (Å²) in [5, 5.41) is 4.11. The van der Waals surface area contributed by atoms with Gasteiger partial charge in [-0.3, -0.25) is 4.79 Å². The van der Waals surface area contributed by atoms with Crippen LogP contribution in [0.2, 0.25) is 0 Å². The van der Waals surface area contributed by atoms with Crippen LogP contribution in [0.4, 0.5) is 8.78 Å². The first-order chi connectivity index (χ1) is 12.0. The van der Waals surface area contributed by atoms with E-state index in [2.05, 4.69) is 5.10 Å². The number of nitrogens with zero attached hydrogens (tertiary/aromatic N) is 2. The summed E-state index contributed by atoms with van der Waals surface area (Å²) < 4.78 is 33.5. The van der Waals surface area contributed by atoms with Gasteiger partial charge in [0, 0.05) is 10.5 Å². The summed E-state index contributed by atoms with van der Waals surface area (Å²) >= 11 is 1.29. The Balaban J connectivity index is 2.14. The van der Waals surface area contributed by atoms with Gasteiger partial charge in [-0.05, 0) is 48.2 Å². The number of benzene rings is 2. The van der Waals surface area contributed by atoms with Crippen LogP contribution in [-0.2, 0) is 0 Å². The van der Waals surface area contributed by atoms with E-state index in [1.54, 1.807) is 18.4 Å². The Morgan fingerprint density at radius 1 is 1.12 bits per heavy atom. The Hall–Kier alpha value is -2.67. The van der Waals surface area contributed by atoms with E-state index in [9.17, 15) is 13.6 Å². The van der Waals surface area contributed by atoms with Crippen molar-refractivity contribution >= 4 is 11.8 Å². The van der Waals surface area contributed by atoms with Crippen molar-refractivity contribution in [2.75, 3.05) is 13.4 Å². The monoisotopic (exact) mass is 360 g/mol. The molecular weight excluding hydrogens is 346 g/mol. The van der Waals surface area contributed by atoms with Crippen LogP contribution in [-0.4, -0.2) is 23.1 Å². The van der Waals surface area contributed by atoms with Gasteiger partial charge in [0.05, 0.1) is 19.0 Å². The third-order valence-electron chi connectivity index (χ3n) is 3.67. The van der Waals surface area contributed by atoms with Gasteiger partial charge in [-0.25, -0.2) is 8.78 Å². The minimum atomic E-state index is -0.513. The van der Waals surface area contributed by atoms with Crippen molar-refractivity contribution in [2.45, 2.75) is 4.90 Å². The molecule has 128 valence electrons. The quantitative estimate of drug-likeness (QED) is 0.662. The fraction of sp³-hybridized carbons (Fsp3) is 0.111. The molecule has 0 radical (unpaired) electrons. The molecule has 0 spiro atoms. The Bertz CT molecular complexity index is 972. The van der Waals surface area contributed by atoms with E-state index in [0.717, 1.165) is 4.68 Å². The number of thioether (sulfide) groups is 1. The molecule has 2 aromatic carbocycles. The fourth-order valence-electron chi connectivity index (χ4n) is 2.44. The van der Waals surface area contributed by atoms with Gasteiger partial charge in [0.2, 0.25) is 0 Å². The molecule has 0 aliphatic rings. The van der Waals surface area contributed by atoms with E-state index >= 15 is 0 Å². The molecule has 0 atom stereocenters. The molecule has 0 saturated heterocycles. The lowest BCUT2D eigenvalue weighted by molar-refractivity contribution is 0.405. The number of halogens is 2. The summed E-state index contributed by atoms with van der Waals surface area (Å²) in [5.41, 5.74) is 0.765. The van der Waals surface area contributed by atoms with Gasteiger partial charge in [-0.15, -0.1) is 11.8 Å². The molecule has 4 nitrogen and oxygen atoms in total. The van der Waals surface area contributed by atoms with Gasteiger partial charge >= 0.3 is 5.56 Å². The van der Waals surface area contributed by atoms with Crippen LogP contribution in [0.1, 0.15) is 0 Å². The van der Waals surface area contributed by atoms with Crippen molar-refractivity contribution < 1.29 is 13.5 Å². The minimum Gasteiger partial charge on any atom is -0.491 e. The molecule has 0 saturated carbocycles. The van der Waals surface area contributed by atoms with Crippen molar-refractivity contribution in [2.24, 2.45) is 0 Å². The summed E-state index contributed by atoms with van der Waals surface area (Å²) in [4.78, 5) is 13.2. The molecule has 7 heteroatoms. The van der Waals surface area contributed by atoms with Gasteiger partial charge in [0.15, 0.2) is 5.75 Å². The first kappa shape index (κ1) is 17.2. The summed E-state index contributed by atoms with van der Waals surface area (Å²) in [7, 11) is 1.36. The lowest BCUT2D eigenvalue weighted by Gasteiger charge is -2.12. The van der Waals surface area contributed by atoms with Crippen molar-refractivity contribution in [1.29, 1.82) is 0 Å². The standard InChI is InChI=1S/C18H14F2N2O2S/c1-24-17-14(11-3-8-16(25-2)15(20)9-11)10-21-22(18(17)23)13-6-4-12(19)5-7-13/h3-10H,1-2H3. The van der Waals surface area contributed by atoms with E-state index in [1.165, 1.54) is 55.4 Å². The lowest BCUT2D eigenvalue weighted by atomic mass is 10.1. The molecule has 0 N–H and O–H groups in total. The molecule has 0 bridgehead atoms. The van der Waals surface area contributed by atoms with Gasteiger partial charge in [-0.2, -0.15) is 9.78 Å². The van der Waals surface area contributed by atoms with Crippen LogP contribution in [0, 0.1) is 11.6 Å². The highest BCUT2D eigenvalue weighted by Gasteiger charge is 2.16. The van der Waals surface area contributed by atoms with Crippen LogP contribution < -0.4 is 10.3 Å². The second kappa shape index (κ2) is 7.06. The second-order valence-electron chi connectivity index (χ2n) is 5.13. The Kier molecular flexibility index (Phi) is 4.85. The highest BCUT2D eigenvalue weighted by atomic mass is 32.2. The molecule has 0 aliphatic carbocycles. The van der Waals surface area contributed by atoms with Crippen molar-refractivity contribution in [3.63, 3.8) is 0 Å². The van der Waals surface area contributed by atoms with E-state index in [4.69, 9.17) is 4.74 Å². The smallest absolute Gasteiger partial charge is 0.314 e. The zero-order valence-electron chi connectivity index (χ0n) is 13.5. The van der Waals surface area contributed by atoms with Gasteiger partial charge in [0.1, 0.15) is 11.6 Å². The SMILES string of the molecule is COc1c(-c2ccc(SC)c(F)c2)cnn(-c2ccc(F)cc2)c1=O. The van der Waals surface area contributed by atoms with Gasteiger partial charge < -0.3 is 4.74 Å². The van der Waals surface area contributed by atoms with Crippen LogP contribution in [0.3, 0.4) is 0 Å². The Labute approximate surface area is 147 Å². The van der Waals surface area contributed by atoms with Crippen LogP contribution in [0.15, 0.2) is 58.4 Å². The lowest BCUT2D eigenvalue weighted by Crippen LogP contribution is -2.23. The Morgan fingerprint density at radius 2 is 1.84 bits per heavy atom. The first-order valence-electron chi connectivity index (χ1n) is 7.31.